The van der Waals surface area contributed by atoms with Gasteiger partial charge in [-0.1, -0.05) is 72.4 Å². The molecule has 2 aliphatic rings. The van der Waals surface area contributed by atoms with Crippen molar-refractivity contribution in [2.75, 3.05) is 41.7 Å². The van der Waals surface area contributed by atoms with Gasteiger partial charge in [0.25, 0.3) is 5.91 Å². The molecule has 2 amide bonds. The fraction of sp³-hybridized carbons (Fsp3) is 0.176. The quantitative estimate of drug-likeness (QED) is 0.213. The molecule has 1 fully saturated rings. The molecule has 0 spiro atoms. The zero-order valence-corrected chi connectivity index (χ0v) is 24.1. The summed E-state index contributed by atoms with van der Waals surface area (Å²) in [7, 11) is 0. The zero-order valence-electron chi connectivity index (χ0n) is 23.3. The molecule has 0 unspecified atom stereocenters. The van der Waals surface area contributed by atoms with Gasteiger partial charge in [-0.25, -0.2) is 4.99 Å². The van der Waals surface area contributed by atoms with Crippen molar-refractivity contribution in [2.24, 2.45) is 4.99 Å². The van der Waals surface area contributed by atoms with Gasteiger partial charge in [0, 0.05) is 37.4 Å². The summed E-state index contributed by atoms with van der Waals surface area (Å²) >= 11 is 1.29. The number of rotatable bonds is 6. The van der Waals surface area contributed by atoms with Crippen LogP contribution in [0.1, 0.15) is 22.8 Å². The van der Waals surface area contributed by atoms with Gasteiger partial charge in [0.15, 0.2) is 11.0 Å². The first kappa shape index (κ1) is 27.5. The molecule has 2 heterocycles. The van der Waals surface area contributed by atoms with E-state index in [1.165, 1.54) is 11.8 Å². The number of fused-ring (bicyclic) bond motifs is 1. The number of nitrogens with zero attached hydrogens (tertiary/aromatic N) is 4. The van der Waals surface area contributed by atoms with Crippen molar-refractivity contribution in [2.45, 2.75) is 6.92 Å². The molecule has 4 aromatic rings. The van der Waals surface area contributed by atoms with Crippen LogP contribution in [0.3, 0.4) is 0 Å². The van der Waals surface area contributed by atoms with Gasteiger partial charge < -0.3 is 9.80 Å². The normalized spacial score (nSPS) is 16.3. The highest BCUT2D eigenvalue weighted by molar-refractivity contribution is 8.14. The zero-order chi connectivity index (χ0) is 29.1. The molecule has 0 atom stereocenters. The maximum absolute atomic E-state index is 13.6. The number of thioether (sulfide) groups is 1. The van der Waals surface area contributed by atoms with Gasteiger partial charge in [-0.3, -0.25) is 19.3 Å². The van der Waals surface area contributed by atoms with E-state index in [2.05, 4.69) is 4.90 Å². The van der Waals surface area contributed by atoms with Gasteiger partial charge in [-0.05, 0) is 65.7 Å². The van der Waals surface area contributed by atoms with Crippen molar-refractivity contribution >= 4 is 62.8 Å². The average Bonchev–Trinajstić information content (AvgIpc) is 3.34. The number of hydrogen-bond donors (Lipinski definition) is 0. The Morgan fingerprint density at radius 1 is 0.810 bits per heavy atom. The number of hydrogen-bond acceptors (Lipinski definition) is 6. The number of ketones is 1. The second-order valence-corrected chi connectivity index (χ2v) is 11.2. The number of piperazine rings is 1. The Hall–Kier alpha value is -4.69. The fourth-order valence-electron chi connectivity index (χ4n) is 5.26. The molecule has 210 valence electrons. The second kappa shape index (κ2) is 12.0. The maximum Gasteiger partial charge on any atom is 0.283 e. The smallest absolute Gasteiger partial charge is 0.283 e. The lowest BCUT2D eigenvalue weighted by Crippen LogP contribution is -2.49. The van der Waals surface area contributed by atoms with Crippen LogP contribution in [-0.4, -0.2) is 59.6 Å². The van der Waals surface area contributed by atoms with Gasteiger partial charge in [0.1, 0.15) is 5.70 Å². The highest BCUT2D eigenvalue weighted by Crippen LogP contribution is 2.31. The fourth-order valence-corrected chi connectivity index (χ4v) is 6.18. The van der Waals surface area contributed by atoms with Crippen LogP contribution in [0.15, 0.2) is 108 Å². The number of amidine groups is 1. The van der Waals surface area contributed by atoms with Crippen LogP contribution in [-0.2, 0) is 9.59 Å². The first-order chi connectivity index (χ1) is 20.5. The molecule has 0 saturated carbocycles. The molecule has 8 heteroatoms. The minimum atomic E-state index is -0.214. The molecular formula is C34H30N4O3S. The molecule has 1 saturated heterocycles. The molecule has 7 nitrogen and oxygen atoms in total. The predicted octanol–water partition coefficient (Wildman–Crippen LogP) is 5.87. The molecule has 42 heavy (non-hydrogen) atoms. The summed E-state index contributed by atoms with van der Waals surface area (Å²) in [6.07, 6.45) is 1.83. The Morgan fingerprint density at radius 2 is 1.50 bits per heavy atom. The van der Waals surface area contributed by atoms with Crippen molar-refractivity contribution in [1.82, 2.24) is 4.90 Å². The van der Waals surface area contributed by atoms with Crippen LogP contribution in [0, 0.1) is 0 Å². The van der Waals surface area contributed by atoms with Crippen LogP contribution >= 0.6 is 11.8 Å². The van der Waals surface area contributed by atoms with Gasteiger partial charge in [-0.15, -0.1) is 0 Å². The van der Waals surface area contributed by atoms with E-state index < -0.39 is 0 Å². The Balaban J connectivity index is 1.16. The van der Waals surface area contributed by atoms with Crippen molar-refractivity contribution in [1.29, 1.82) is 0 Å². The van der Waals surface area contributed by atoms with E-state index in [0.717, 1.165) is 22.0 Å². The Kier molecular flexibility index (Phi) is 7.88. The summed E-state index contributed by atoms with van der Waals surface area (Å²) in [5.41, 5.74) is 3.72. The molecule has 0 N–H and O–H groups in total. The summed E-state index contributed by atoms with van der Waals surface area (Å²) in [6, 6.07) is 31.1. The van der Waals surface area contributed by atoms with E-state index in [1.807, 2.05) is 108 Å². The van der Waals surface area contributed by atoms with Gasteiger partial charge in [0.2, 0.25) is 5.91 Å². The monoisotopic (exact) mass is 574 g/mol. The van der Waals surface area contributed by atoms with Crippen molar-refractivity contribution in [3.05, 3.63) is 114 Å². The Morgan fingerprint density at radius 3 is 2.24 bits per heavy atom. The Labute approximate surface area is 249 Å². The third-order valence-corrected chi connectivity index (χ3v) is 8.48. The molecule has 0 aliphatic carbocycles. The van der Waals surface area contributed by atoms with Crippen LogP contribution in [0.5, 0.6) is 0 Å². The SMILES string of the molecule is CC(=O)c1ccc(N2CCN(C(=O)CSC3=NC(=Cc4cccc5ccccc45)C(=O)N3c3ccccc3)CC2)cc1. The number of benzene rings is 4. The minimum Gasteiger partial charge on any atom is -0.368 e. The van der Waals surface area contributed by atoms with Crippen molar-refractivity contribution in [3.8, 4) is 0 Å². The molecule has 2 aliphatic heterocycles. The molecule has 4 aromatic carbocycles. The van der Waals surface area contributed by atoms with Gasteiger partial charge in [-0.2, -0.15) is 0 Å². The van der Waals surface area contributed by atoms with Crippen LogP contribution in [0.25, 0.3) is 16.8 Å². The van der Waals surface area contributed by atoms with Crippen molar-refractivity contribution in [3.63, 3.8) is 0 Å². The number of aliphatic imine (C=N–C) groups is 1. The minimum absolute atomic E-state index is 0.0150. The number of carbonyl (C=O) groups is 3. The van der Waals surface area contributed by atoms with E-state index in [-0.39, 0.29) is 23.4 Å². The first-order valence-electron chi connectivity index (χ1n) is 13.9. The highest BCUT2D eigenvalue weighted by atomic mass is 32.2. The number of Topliss-reactive ketones (excluding diaryl/α,β-unsaturated/α-hetero) is 1. The maximum atomic E-state index is 13.6. The van der Waals surface area contributed by atoms with E-state index in [4.69, 9.17) is 4.99 Å². The van der Waals surface area contributed by atoms with E-state index in [9.17, 15) is 14.4 Å². The third-order valence-electron chi connectivity index (χ3n) is 7.56. The first-order valence-corrected chi connectivity index (χ1v) is 14.9. The Bertz CT molecular complexity index is 1700. The van der Waals surface area contributed by atoms with E-state index >= 15 is 0 Å². The standard InChI is InChI=1S/C34H30N4O3S/c1-24(39)25-14-16-28(17-15-25)36-18-20-37(21-19-36)32(40)23-42-34-35-31(33(41)38(34)29-11-3-2-4-12-29)22-27-10-7-9-26-8-5-6-13-30(26)27/h2-17,22H,18-21,23H2,1H3. The lowest BCUT2D eigenvalue weighted by Gasteiger charge is -2.36. The van der Waals surface area contributed by atoms with Crippen molar-refractivity contribution < 1.29 is 14.4 Å². The number of para-hydroxylation sites is 1. The summed E-state index contributed by atoms with van der Waals surface area (Å²) in [5.74, 6) is 0.0318. The molecule has 0 bridgehead atoms. The van der Waals surface area contributed by atoms with Crippen LogP contribution < -0.4 is 9.80 Å². The lowest BCUT2D eigenvalue weighted by atomic mass is 10.0. The van der Waals surface area contributed by atoms with Crippen LogP contribution in [0.4, 0.5) is 11.4 Å². The molecular weight excluding hydrogens is 544 g/mol. The predicted molar refractivity (Wildman–Crippen MR) is 171 cm³/mol. The number of amides is 2. The number of carbonyl (C=O) groups excluding carboxylic acids is 3. The van der Waals surface area contributed by atoms with E-state index in [0.29, 0.717) is 48.3 Å². The summed E-state index contributed by atoms with van der Waals surface area (Å²) < 4.78 is 0. The highest BCUT2D eigenvalue weighted by Gasteiger charge is 2.33. The summed E-state index contributed by atoms with van der Waals surface area (Å²) in [5, 5.41) is 2.64. The molecule has 0 aromatic heterocycles. The van der Waals surface area contributed by atoms with Crippen LogP contribution in [0.2, 0.25) is 0 Å². The largest absolute Gasteiger partial charge is 0.368 e. The van der Waals surface area contributed by atoms with E-state index in [1.54, 1.807) is 11.8 Å². The summed E-state index contributed by atoms with van der Waals surface area (Å²) in [6.45, 7) is 4.19. The van der Waals surface area contributed by atoms with Gasteiger partial charge in [0.05, 0.1) is 11.4 Å². The molecule has 6 rings (SSSR count). The number of anilines is 2. The third kappa shape index (κ3) is 5.71. The molecule has 0 radical (unpaired) electrons. The summed E-state index contributed by atoms with van der Waals surface area (Å²) in [4.78, 5) is 48.9. The topological polar surface area (TPSA) is 73.3 Å². The lowest BCUT2D eigenvalue weighted by molar-refractivity contribution is -0.128. The second-order valence-electron chi connectivity index (χ2n) is 10.2. The van der Waals surface area contributed by atoms with Gasteiger partial charge >= 0.3 is 0 Å². The average molecular weight is 575 g/mol.